The van der Waals surface area contributed by atoms with Crippen LogP contribution in [-0.2, 0) is 6.54 Å². The van der Waals surface area contributed by atoms with Crippen molar-refractivity contribution in [3.8, 4) is 0 Å². The van der Waals surface area contributed by atoms with Crippen molar-refractivity contribution in [1.82, 2.24) is 4.90 Å². The van der Waals surface area contributed by atoms with E-state index in [2.05, 4.69) is 32.1 Å². The fraction of sp³-hybridized carbons (Fsp3) is 0.462. The monoisotopic (exact) mass is 311 g/mol. The molecule has 0 bridgehead atoms. The highest BCUT2D eigenvalue weighted by Crippen LogP contribution is 2.23. The Balaban J connectivity index is 2.13. The molecule has 0 aromatic heterocycles. The molecule has 1 aromatic rings. The van der Waals surface area contributed by atoms with E-state index < -0.39 is 0 Å². The Morgan fingerprint density at radius 3 is 2.94 bits per heavy atom. The van der Waals surface area contributed by atoms with Crippen molar-refractivity contribution in [3.05, 3.63) is 34.3 Å². The SMILES string of the molecule is NC(=NO)C1CCCCN1Cc1ccccc1Br. The minimum absolute atomic E-state index is 0.0517. The zero-order chi connectivity index (χ0) is 13.0. The van der Waals surface area contributed by atoms with E-state index in [1.807, 2.05) is 18.2 Å². The minimum Gasteiger partial charge on any atom is -0.409 e. The Morgan fingerprint density at radius 1 is 1.44 bits per heavy atom. The number of piperidine rings is 1. The van der Waals surface area contributed by atoms with Crippen LogP contribution in [0.5, 0.6) is 0 Å². The molecule has 0 amide bonds. The summed E-state index contributed by atoms with van der Waals surface area (Å²) in [7, 11) is 0. The number of nitrogens with two attached hydrogens (primary N) is 1. The third kappa shape index (κ3) is 3.03. The van der Waals surface area contributed by atoms with Crippen molar-refractivity contribution < 1.29 is 5.21 Å². The molecule has 1 saturated heterocycles. The van der Waals surface area contributed by atoms with Crippen LogP contribution in [0.15, 0.2) is 33.9 Å². The second-order valence-electron chi connectivity index (χ2n) is 4.60. The highest BCUT2D eigenvalue weighted by Gasteiger charge is 2.26. The van der Waals surface area contributed by atoms with Crippen LogP contribution in [0.25, 0.3) is 0 Å². The van der Waals surface area contributed by atoms with Crippen molar-refractivity contribution in [1.29, 1.82) is 0 Å². The van der Waals surface area contributed by atoms with Crippen molar-refractivity contribution in [2.75, 3.05) is 6.54 Å². The average molecular weight is 312 g/mol. The Kier molecular flexibility index (Phi) is 4.60. The van der Waals surface area contributed by atoms with Crippen LogP contribution in [0.4, 0.5) is 0 Å². The number of halogens is 1. The highest BCUT2D eigenvalue weighted by atomic mass is 79.9. The quantitative estimate of drug-likeness (QED) is 0.390. The van der Waals surface area contributed by atoms with E-state index in [0.29, 0.717) is 5.84 Å². The maximum absolute atomic E-state index is 8.85. The Labute approximate surface area is 116 Å². The lowest BCUT2D eigenvalue weighted by molar-refractivity contribution is 0.178. The molecule has 3 N–H and O–H groups in total. The molecule has 1 aliphatic heterocycles. The second kappa shape index (κ2) is 6.20. The summed E-state index contributed by atoms with van der Waals surface area (Å²) >= 11 is 3.56. The Bertz CT molecular complexity index is 436. The molecule has 1 aromatic carbocycles. The van der Waals surface area contributed by atoms with Crippen LogP contribution in [0.1, 0.15) is 24.8 Å². The summed E-state index contributed by atoms with van der Waals surface area (Å²) in [4.78, 5) is 2.28. The first kappa shape index (κ1) is 13.4. The van der Waals surface area contributed by atoms with Gasteiger partial charge in [-0.2, -0.15) is 0 Å². The number of nitrogens with zero attached hydrogens (tertiary/aromatic N) is 2. The van der Waals surface area contributed by atoms with Crippen molar-refractivity contribution in [2.45, 2.75) is 31.8 Å². The van der Waals surface area contributed by atoms with Gasteiger partial charge in [-0.3, -0.25) is 4.90 Å². The fourth-order valence-corrected chi connectivity index (χ4v) is 2.84. The van der Waals surface area contributed by atoms with Crippen LogP contribution in [-0.4, -0.2) is 28.5 Å². The molecule has 2 rings (SSSR count). The van der Waals surface area contributed by atoms with Gasteiger partial charge < -0.3 is 10.9 Å². The summed E-state index contributed by atoms with van der Waals surface area (Å²) < 4.78 is 1.11. The normalized spacial score (nSPS) is 22.1. The van der Waals surface area contributed by atoms with Crippen LogP contribution in [0.3, 0.4) is 0 Å². The molecular formula is C13H18BrN3O. The van der Waals surface area contributed by atoms with E-state index in [4.69, 9.17) is 10.9 Å². The first-order chi connectivity index (χ1) is 8.72. The third-order valence-electron chi connectivity index (χ3n) is 3.40. The van der Waals surface area contributed by atoms with Gasteiger partial charge in [0.2, 0.25) is 0 Å². The summed E-state index contributed by atoms with van der Waals surface area (Å²) in [5.41, 5.74) is 7.01. The Morgan fingerprint density at radius 2 is 2.22 bits per heavy atom. The number of oxime groups is 1. The maximum Gasteiger partial charge on any atom is 0.156 e. The van der Waals surface area contributed by atoms with Gasteiger partial charge in [-0.15, -0.1) is 0 Å². The molecule has 1 heterocycles. The molecule has 1 fully saturated rings. The molecule has 0 aliphatic carbocycles. The minimum atomic E-state index is 0.0517. The lowest BCUT2D eigenvalue weighted by Gasteiger charge is -2.34. The molecule has 5 heteroatoms. The second-order valence-corrected chi connectivity index (χ2v) is 5.45. The highest BCUT2D eigenvalue weighted by molar-refractivity contribution is 9.10. The van der Waals surface area contributed by atoms with Gasteiger partial charge in [-0.25, -0.2) is 0 Å². The van der Waals surface area contributed by atoms with E-state index in [0.717, 1.165) is 30.4 Å². The lowest BCUT2D eigenvalue weighted by atomic mass is 10.0. The predicted octanol–water partition coefficient (Wildman–Crippen LogP) is 2.55. The number of likely N-dealkylation sites (tertiary alicyclic amines) is 1. The lowest BCUT2D eigenvalue weighted by Crippen LogP contribution is -2.47. The van der Waals surface area contributed by atoms with Crippen molar-refractivity contribution in [3.63, 3.8) is 0 Å². The molecular weight excluding hydrogens is 294 g/mol. The van der Waals surface area contributed by atoms with Crippen molar-refractivity contribution in [2.24, 2.45) is 10.9 Å². The van der Waals surface area contributed by atoms with Gasteiger partial charge in [0.05, 0.1) is 6.04 Å². The van der Waals surface area contributed by atoms with Gasteiger partial charge in [-0.1, -0.05) is 45.7 Å². The van der Waals surface area contributed by atoms with Gasteiger partial charge in [-0.05, 0) is 31.0 Å². The Hall–Kier alpha value is -1.07. The molecule has 98 valence electrons. The summed E-state index contributed by atoms with van der Waals surface area (Å²) in [5.74, 6) is 0.321. The first-order valence-corrected chi connectivity index (χ1v) is 6.96. The molecule has 0 saturated carbocycles. The maximum atomic E-state index is 8.85. The number of amidine groups is 1. The molecule has 0 radical (unpaired) electrons. The van der Waals surface area contributed by atoms with Crippen LogP contribution < -0.4 is 5.73 Å². The van der Waals surface area contributed by atoms with Crippen LogP contribution in [0, 0.1) is 0 Å². The summed E-state index contributed by atoms with van der Waals surface area (Å²) in [6.45, 7) is 1.81. The largest absolute Gasteiger partial charge is 0.409 e. The van der Waals surface area contributed by atoms with E-state index in [9.17, 15) is 0 Å². The number of hydrogen-bond acceptors (Lipinski definition) is 3. The van der Waals surface area contributed by atoms with E-state index >= 15 is 0 Å². The third-order valence-corrected chi connectivity index (χ3v) is 4.18. The van der Waals surface area contributed by atoms with E-state index in [-0.39, 0.29) is 6.04 Å². The standard InChI is InChI=1S/C13H18BrN3O/c14-11-6-2-1-5-10(11)9-17-8-4-3-7-12(17)13(15)16-18/h1-2,5-6,12,18H,3-4,7-9H2,(H2,15,16). The van der Waals surface area contributed by atoms with Gasteiger partial charge in [0.25, 0.3) is 0 Å². The average Bonchev–Trinajstić information content (AvgIpc) is 2.41. The number of hydrogen-bond donors (Lipinski definition) is 2. The van der Waals surface area contributed by atoms with E-state index in [1.54, 1.807) is 0 Å². The molecule has 1 aliphatic rings. The molecule has 1 atom stereocenters. The topological polar surface area (TPSA) is 61.9 Å². The molecule has 4 nitrogen and oxygen atoms in total. The zero-order valence-electron chi connectivity index (χ0n) is 10.2. The predicted molar refractivity (Wildman–Crippen MR) is 75.6 cm³/mol. The summed E-state index contributed by atoms with van der Waals surface area (Å²) in [6, 6.07) is 8.23. The fourth-order valence-electron chi connectivity index (χ4n) is 2.43. The van der Waals surface area contributed by atoms with Crippen LogP contribution in [0.2, 0.25) is 0 Å². The van der Waals surface area contributed by atoms with Gasteiger partial charge in [0.15, 0.2) is 5.84 Å². The summed E-state index contributed by atoms with van der Waals surface area (Å²) in [5, 5.41) is 12.0. The molecule has 1 unspecified atom stereocenters. The number of benzene rings is 1. The zero-order valence-corrected chi connectivity index (χ0v) is 11.8. The number of rotatable bonds is 3. The van der Waals surface area contributed by atoms with E-state index in [1.165, 1.54) is 12.0 Å². The van der Waals surface area contributed by atoms with Gasteiger partial charge in [0, 0.05) is 11.0 Å². The van der Waals surface area contributed by atoms with Crippen molar-refractivity contribution >= 4 is 21.8 Å². The summed E-state index contributed by atoms with van der Waals surface area (Å²) in [6.07, 6.45) is 3.26. The van der Waals surface area contributed by atoms with Gasteiger partial charge >= 0.3 is 0 Å². The molecule has 18 heavy (non-hydrogen) atoms. The smallest absolute Gasteiger partial charge is 0.156 e. The van der Waals surface area contributed by atoms with Crippen LogP contribution >= 0.6 is 15.9 Å². The molecule has 0 spiro atoms. The van der Waals surface area contributed by atoms with Gasteiger partial charge in [0.1, 0.15) is 0 Å². The first-order valence-electron chi connectivity index (χ1n) is 6.17.